The minimum absolute atomic E-state index is 0. The van der Waals surface area contributed by atoms with Crippen molar-refractivity contribution in [3.05, 3.63) is 181 Å². The van der Waals surface area contributed by atoms with E-state index in [2.05, 4.69) is 187 Å². The summed E-state index contributed by atoms with van der Waals surface area (Å²) >= 11 is 0. The number of imidazole rings is 1. The van der Waals surface area contributed by atoms with Crippen LogP contribution in [0.15, 0.2) is 146 Å². The summed E-state index contributed by atoms with van der Waals surface area (Å²) in [5, 5.41) is 2.29. The van der Waals surface area contributed by atoms with Crippen molar-refractivity contribution < 1.29 is 25.8 Å². The van der Waals surface area contributed by atoms with Gasteiger partial charge in [0.25, 0.3) is 0 Å². The average molecular weight is 1010 g/mol. The van der Waals surface area contributed by atoms with Gasteiger partial charge in [0, 0.05) is 66.7 Å². The molecule has 4 bridgehead atoms. The molecule has 6 nitrogen and oxygen atoms in total. The van der Waals surface area contributed by atoms with Crippen LogP contribution in [0.2, 0.25) is 0 Å². The number of ether oxygens (including phenoxy) is 1. The SMILES string of the molecule is CC(C)(C)c1cc(Oc2[c-]c3c(cc2)c2ccccc2n3-c2cc(C3(c4ccccc4)C4CC5CC(C4)CC3C5)ccn2)[c-]c(N2[CH-]n3c(nc4ccccc43)-c3ccccc32)c1.[Pt]. The van der Waals surface area contributed by atoms with E-state index in [1.54, 1.807) is 0 Å². The van der Waals surface area contributed by atoms with E-state index in [0.29, 0.717) is 23.3 Å². The third kappa shape index (κ3) is 5.98. The van der Waals surface area contributed by atoms with E-state index in [1.807, 2.05) is 12.1 Å². The van der Waals surface area contributed by atoms with Crippen molar-refractivity contribution in [1.82, 2.24) is 19.1 Å². The van der Waals surface area contributed by atoms with E-state index in [-0.39, 0.29) is 31.9 Å². The Kier molecular flexibility index (Phi) is 9.08. The predicted octanol–water partition coefficient (Wildman–Crippen LogP) is 13.7. The molecule has 0 amide bonds. The topological polar surface area (TPSA) is 48.1 Å². The Hall–Kier alpha value is -6.10. The van der Waals surface area contributed by atoms with Crippen LogP contribution in [0.25, 0.3) is 50.0 Å². The zero-order chi connectivity index (χ0) is 42.0. The molecule has 0 unspecified atom stereocenters. The van der Waals surface area contributed by atoms with Crippen molar-refractivity contribution >= 4 is 44.2 Å². The molecule has 4 aliphatic carbocycles. The number of hydrogen-bond donors (Lipinski definition) is 0. The van der Waals surface area contributed by atoms with Crippen molar-refractivity contribution in [3.8, 4) is 28.7 Å². The summed E-state index contributed by atoms with van der Waals surface area (Å²) in [5.41, 5.74) is 10.9. The van der Waals surface area contributed by atoms with E-state index in [9.17, 15) is 0 Å². The Morgan fingerprint density at radius 1 is 0.672 bits per heavy atom. The Morgan fingerprint density at radius 3 is 2.19 bits per heavy atom. The molecule has 1 aliphatic heterocycles. The second-order valence-electron chi connectivity index (χ2n) is 19.6. The molecule has 4 heterocycles. The quantitative estimate of drug-likeness (QED) is 0.156. The largest absolute Gasteiger partial charge is 0.509 e. The summed E-state index contributed by atoms with van der Waals surface area (Å²) in [6.07, 6.45) is 8.77. The minimum Gasteiger partial charge on any atom is -0.509 e. The molecule has 0 spiro atoms. The van der Waals surface area contributed by atoms with Gasteiger partial charge in [0.1, 0.15) is 5.82 Å². The maximum atomic E-state index is 6.91. The van der Waals surface area contributed by atoms with Crippen LogP contribution in [0.1, 0.15) is 69.6 Å². The van der Waals surface area contributed by atoms with E-state index in [1.165, 1.54) is 48.6 Å². The van der Waals surface area contributed by atoms with Crippen LogP contribution < -0.4 is 9.64 Å². The first-order valence-corrected chi connectivity index (χ1v) is 22.7. The number of pyridine rings is 1. The number of nitrogens with zero attached hydrogens (tertiary/aromatic N) is 5. The summed E-state index contributed by atoms with van der Waals surface area (Å²) in [6.45, 7) is 8.87. The summed E-state index contributed by atoms with van der Waals surface area (Å²) in [5.74, 6) is 6.12. The molecule has 0 saturated heterocycles. The third-order valence-corrected chi connectivity index (χ3v) is 15.1. The number of rotatable bonds is 6. The molecule has 0 atom stereocenters. The van der Waals surface area contributed by atoms with Gasteiger partial charge in [0.2, 0.25) is 0 Å². The third-order valence-electron chi connectivity index (χ3n) is 15.1. The van der Waals surface area contributed by atoms with E-state index >= 15 is 0 Å². The standard InChI is InChI=1S/C57H48N5O.Pt/c1-56(2,3)40-30-43(60-35-61-52-20-12-9-17-49(52)59-55(61)48-16-8-10-18-50(48)60)33-45(31-40)63-44-21-22-47-46-15-7-11-19-51(46)62(53(47)34-44)54-32-39(23-24-58-54)57(38-13-5-4-6-14-38)41-26-36-25-37(28-41)29-42(57)27-36;/h4-24,30-32,35-37,41-42H,25-29H2,1-3H3;/q-3;. The van der Waals surface area contributed by atoms with E-state index in [4.69, 9.17) is 14.7 Å². The smallest absolute Gasteiger partial charge is 0.135 e. The fourth-order valence-electron chi connectivity index (χ4n) is 12.6. The van der Waals surface area contributed by atoms with Gasteiger partial charge in [0.15, 0.2) is 0 Å². The van der Waals surface area contributed by atoms with Gasteiger partial charge in [-0.3, -0.25) is 0 Å². The fourth-order valence-corrected chi connectivity index (χ4v) is 12.6. The molecule has 6 aromatic carbocycles. The van der Waals surface area contributed by atoms with Gasteiger partial charge >= 0.3 is 0 Å². The molecule has 64 heavy (non-hydrogen) atoms. The molecule has 4 fully saturated rings. The molecular formula is C57H48N5OPt-3. The molecule has 14 rings (SSSR count). The molecule has 5 aliphatic rings. The molecule has 4 saturated carbocycles. The summed E-state index contributed by atoms with van der Waals surface area (Å²) < 4.78 is 11.4. The van der Waals surface area contributed by atoms with Gasteiger partial charge in [-0.15, -0.1) is 41.3 Å². The number of benzene rings is 6. The normalized spacial score (nSPS) is 22.0. The van der Waals surface area contributed by atoms with E-state index in [0.717, 1.165) is 73.4 Å². The van der Waals surface area contributed by atoms with Gasteiger partial charge in [-0.25, -0.2) is 4.98 Å². The number of anilines is 2. The van der Waals surface area contributed by atoms with Crippen LogP contribution in [-0.2, 0) is 31.9 Å². The van der Waals surface area contributed by atoms with Crippen LogP contribution in [0.5, 0.6) is 11.5 Å². The van der Waals surface area contributed by atoms with Crippen LogP contribution in [0.4, 0.5) is 11.4 Å². The minimum atomic E-state index is -0.157. The number of hydrogen-bond acceptors (Lipinski definition) is 4. The Labute approximate surface area is 389 Å². The van der Waals surface area contributed by atoms with Gasteiger partial charge < -0.3 is 23.8 Å². The summed E-state index contributed by atoms with van der Waals surface area (Å²) in [6, 6.07) is 57.7. The number of fused-ring (bicyclic) bond motifs is 8. The van der Waals surface area contributed by atoms with Gasteiger partial charge in [-0.1, -0.05) is 117 Å². The molecular weight excluding hydrogens is 966 g/mol. The van der Waals surface area contributed by atoms with Crippen molar-refractivity contribution in [2.75, 3.05) is 4.90 Å². The predicted molar refractivity (Wildman–Crippen MR) is 253 cm³/mol. The monoisotopic (exact) mass is 1010 g/mol. The first kappa shape index (κ1) is 39.5. The molecule has 320 valence electrons. The maximum absolute atomic E-state index is 6.91. The van der Waals surface area contributed by atoms with Crippen molar-refractivity contribution in [1.29, 1.82) is 0 Å². The zero-order valence-electron chi connectivity index (χ0n) is 36.2. The second kappa shape index (κ2) is 14.7. The van der Waals surface area contributed by atoms with Crippen LogP contribution in [0, 0.1) is 42.5 Å². The van der Waals surface area contributed by atoms with Gasteiger partial charge in [0.05, 0.1) is 0 Å². The first-order valence-electron chi connectivity index (χ1n) is 22.7. The first-order chi connectivity index (χ1) is 30.8. The Balaban J connectivity index is 0.00000433. The Bertz CT molecular complexity index is 3240. The number of para-hydroxylation sites is 4. The molecule has 3 aromatic heterocycles. The maximum Gasteiger partial charge on any atom is 0.135 e. The van der Waals surface area contributed by atoms with Crippen molar-refractivity contribution in [2.24, 2.45) is 23.7 Å². The molecule has 9 aromatic rings. The molecule has 0 radical (unpaired) electrons. The van der Waals surface area contributed by atoms with Crippen LogP contribution in [0.3, 0.4) is 0 Å². The second-order valence-corrected chi connectivity index (χ2v) is 19.6. The Morgan fingerprint density at radius 2 is 1.39 bits per heavy atom. The van der Waals surface area contributed by atoms with E-state index < -0.39 is 0 Å². The fraction of sp³-hybridized carbons (Fsp3) is 0.246. The molecule has 7 heteroatoms. The average Bonchev–Trinajstić information content (AvgIpc) is 3.84. The van der Waals surface area contributed by atoms with Crippen molar-refractivity contribution in [3.63, 3.8) is 0 Å². The number of aromatic nitrogens is 4. The van der Waals surface area contributed by atoms with Gasteiger partial charge in [-0.05, 0) is 126 Å². The zero-order valence-corrected chi connectivity index (χ0v) is 38.5. The molecule has 0 N–H and O–H groups in total. The van der Waals surface area contributed by atoms with Gasteiger partial charge in [-0.2, -0.15) is 6.07 Å². The van der Waals surface area contributed by atoms with Crippen molar-refractivity contribution in [2.45, 2.75) is 63.7 Å². The van der Waals surface area contributed by atoms with Crippen LogP contribution >= 0.6 is 0 Å². The summed E-state index contributed by atoms with van der Waals surface area (Å²) in [7, 11) is 0. The summed E-state index contributed by atoms with van der Waals surface area (Å²) in [4.78, 5) is 12.4. The van der Waals surface area contributed by atoms with Crippen LogP contribution in [-0.4, -0.2) is 19.1 Å².